The van der Waals surface area contributed by atoms with Gasteiger partial charge in [0.25, 0.3) is 5.91 Å². The monoisotopic (exact) mass is 185 g/mol. The van der Waals surface area contributed by atoms with Crippen LogP contribution in [-0.4, -0.2) is 43.0 Å². The van der Waals surface area contributed by atoms with Crippen LogP contribution in [0, 0.1) is 0 Å². The van der Waals surface area contributed by atoms with E-state index < -0.39 is 0 Å². The lowest BCUT2D eigenvalue weighted by Gasteiger charge is -2.11. The third-order valence-corrected chi connectivity index (χ3v) is 2.03. The van der Waals surface area contributed by atoms with E-state index in [1.807, 2.05) is 7.05 Å². The number of nitrogens with zero attached hydrogens (tertiary/aromatic N) is 1. The number of rotatable bonds is 4. The number of carbonyl (C=O) groups excluding carboxylic acids is 2. The Kier molecular flexibility index (Phi) is 3.25. The van der Waals surface area contributed by atoms with Crippen molar-refractivity contribution in [3.8, 4) is 0 Å². The van der Waals surface area contributed by atoms with Gasteiger partial charge in [0.05, 0.1) is 0 Å². The van der Waals surface area contributed by atoms with Crippen molar-refractivity contribution in [2.75, 3.05) is 20.1 Å². The van der Waals surface area contributed by atoms with E-state index in [4.69, 9.17) is 0 Å². The third-order valence-electron chi connectivity index (χ3n) is 2.03. The van der Waals surface area contributed by atoms with Crippen molar-refractivity contribution in [2.45, 2.75) is 19.4 Å². The first-order chi connectivity index (χ1) is 6.16. The molecule has 13 heavy (non-hydrogen) atoms. The van der Waals surface area contributed by atoms with Gasteiger partial charge >= 0.3 is 6.03 Å². The van der Waals surface area contributed by atoms with E-state index in [1.54, 1.807) is 6.92 Å². The smallest absolute Gasteiger partial charge is 0.324 e. The molecule has 1 rings (SSSR count). The van der Waals surface area contributed by atoms with Gasteiger partial charge in [0, 0.05) is 6.54 Å². The highest BCUT2D eigenvalue weighted by Crippen LogP contribution is 2.05. The van der Waals surface area contributed by atoms with Gasteiger partial charge in [0.2, 0.25) is 0 Å². The first kappa shape index (κ1) is 9.98. The number of hydrogen-bond acceptors (Lipinski definition) is 3. The number of carbonyl (C=O) groups is 2. The lowest BCUT2D eigenvalue weighted by molar-refractivity contribution is -0.127. The Morgan fingerprint density at radius 2 is 2.23 bits per heavy atom. The summed E-state index contributed by atoms with van der Waals surface area (Å²) in [6, 6.07) is -0.629. The van der Waals surface area contributed by atoms with Crippen LogP contribution in [0.15, 0.2) is 0 Å². The topological polar surface area (TPSA) is 61.4 Å². The minimum Gasteiger partial charge on any atom is -0.326 e. The molecule has 1 fully saturated rings. The standard InChI is InChI=1S/C8H15N3O2/c1-6-7(12)11(8(13)10-6)5-3-4-9-2/h6,9H,3-5H2,1-2H3,(H,10,13). The molecule has 1 heterocycles. The zero-order valence-electron chi connectivity index (χ0n) is 7.96. The molecule has 1 aliphatic rings. The Morgan fingerprint density at radius 1 is 1.54 bits per heavy atom. The molecule has 0 aliphatic carbocycles. The second kappa shape index (κ2) is 4.23. The van der Waals surface area contributed by atoms with Crippen LogP contribution in [0.3, 0.4) is 0 Å². The predicted octanol–water partition coefficient (Wildman–Crippen LogP) is -0.464. The number of imide groups is 1. The fraction of sp³-hybridized carbons (Fsp3) is 0.750. The number of hydrogen-bond donors (Lipinski definition) is 2. The van der Waals surface area contributed by atoms with Gasteiger partial charge in [-0.1, -0.05) is 0 Å². The van der Waals surface area contributed by atoms with E-state index in [-0.39, 0.29) is 18.0 Å². The van der Waals surface area contributed by atoms with Crippen LogP contribution in [-0.2, 0) is 4.79 Å². The van der Waals surface area contributed by atoms with Gasteiger partial charge in [-0.25, -0.2) is 4.79 Å². The molecule has 1 aliphatic heterocycles. The highest BCUT2D eigenvalue weighted by atomic mass is 16.2. The molecule has 1 atom stereocenters. The first-order valence-electron chi connectivity index (χ1n) is 4.43. The highest BCUT2D eigenvalue weighted by molar-refractivity contribution is 6.03. The molecule has 0 spiro atoms. The van der Waals surface area contributed by atoms with E-state index in [0.717, 1.165) is 13.0 Å². The molecule has 74 valence electrons. The molecule has 2 N–H and O–H groups in total. The zero-order valence-corrected chi connectivity index (χ0v) is 7.96. The van der Waals surface area contributed by atoms with Crippen molar-refractivity contribution in [2.24, 2.45) is 0 Å². The summed E-state index contributed by atoms with van der Waals surface area (Å²) in [6.45, 7) is 3.00. The predicted molar refractivity (Wildman–Crippen MR) is 48.3 cm³/mol. The largest absolute Gasteiger partial charge is 0.326 e. The van der Waals surface area contributed by atoms with E-state index in [2.05, 4.69) is 10.6 Å². The van der Waals surface area contributed by atoms with Crippen LogP contribution in [0.1, 0.15) is 13.3 Å². The van der Waals surface area contributed by atoms with Gasteiger partial charge in [-0.3, -0.25) is 9.69 Å². The third kappa shape index (κ3) is 2.18. The summed E-state index contributed by atoms with van der Waals surface area (Å²) in [5.74, 6) is -0.124. The average Bonchev–Trinajstić information content (AvgIpc) is 2.32. The Morgan fingerprint density at radius 3 is 2.69 bits per heavy atom. The molecule has 0 aromatic carbocycles. The molecule has 0 bridgehead atoms. The van der Waals surface area contributed by atoms with Crippen LogP contribution in [0.4, 0.5) is 4.79 Å². The van der Waals surface area contributed by atoms with Crippen LogP contribution >= 0.6 is 0 Å². The van der Waals surface area contributed by atoms with Crippen LogP contribution in [0.5, 0.6) is 0 Å². The minimum absolute atomic E-state index is 0.124. The highest BCUT2D eigenvalue weighted by Gasteiger charge is 2.34. The second-order valence-corrected chi connectivity index (χ2v) is 3.12. The summed E-state index contributed by atoms with van der Waals surface area (Å²) in [5, 5.41) is 5.52. The van der Waals surface area contributed by atoms with E-state index >= 15 is 0 Å². The summed E-state index contributed by atoms with van der Waals surface area (Å²) in [6.07, 6.45) is 0.794. The molecule has 0 aromatic rings. The minimum atomic E-state index is -0.359. The first-order valence-corrected chi connectivity index (χ1v) is 4.43. The maximum atomic E-state index is 11.3. The maximum absolute atomic E-state index is 11.3. The van der Waals surface area contributed by atoms with Gasteiger partial charge in [-0.15, -0.1) is 0 Å². The van der Waals surface area contributed by atoms with E-state index in [1.165, 1.54) is 4.90 Å². The zero-order chi connectivity index (χ0) is 9.84. The van der Waals surface area contributed by atoms with Gasteiger partial charge in [0.15, 0.2) is 0 Å². The molecule has 0 saturated carbocycles. The molecule has 5 heteroatoms. The summed E-state index contributed by atoms with van der Waals surface area (Å²) < 4.78 is 0. The molecule has 1 unspecified atom stereocenters. The lowest BCUT2D eigenvalue weighted by atomic mass is 10.3. The molecule has 0 radical (unpaired) electrons. The molecule has 3 amide bonds. The van der Waals surface area contributed by atoms with E-state index in [0.29, 0.717) is 6.54 Å². The fourth-order valence-corrected chi connectivity index (χ4v) is 1.28. The fourth-order valence-electron chi connectivity index (χ4n) is 1.28. The van der Waals surface area contributed by atoms with E-state index in [9.17, 15) is 9.59 Å². The Bertz CT molecular complexity index is 217. The Balaban J connectivity index is 2.40. The second-order valence-electron chi connectivity index (χ2n) is 3.12. The summed E-state index contributed by atoms with van der Waals surface area (Å²) >= 11 is 0. The van der Waals surface area contributed by atoms with Gasteiger partial charge < -0.3 is 10.6 Å². The van der Waals surface area contributed by atoms with Crippen molar-refractivity contribution in [1.82, 2.24) is 15.5 Å². The SMILES string of the molecule is CNCCCN1C(=O)NC(C)C1=O. The lowest BCUT2D eigenvalue weighted by Crippen LogP contribution is -2.33. The van der Waals surface area contributed by atoms with Gasteiger partial charge in [0.1, 0.15) is 6.04 Å². The molecule has 1 saturated heterocycles. The average molecular weight is 185 g/mol. The Labute approximate surface area is 77.5 Å². The summed E-state index contributed by atoms with van der Waals surface area (Å²) in [7, 11) is 1.84. The number of urea groups is 1. The van der Waals surface area contributed by atoms with Crippen LogP contribution in [0.25, 0.3) is 0 Å². The summed E-state index contributed by atoms with van der Waals surface area (Å²) in [5.41, 5.74) is 0. The van der Waals surface area contributed by atoms with Gasteiger partial charge in [-0.2, -0.15) is 0 Å². The normalized spacial score (nSPS) is 22.3. The molecular formula is C8H15N3O2. The number of amides is 3. The molecule has 0 aromatic heterocycles. The van der Waals surface area contributed by atoms with Crippen molar-refractivity contribution >= 4 is 11.9 Å². The van der Waals surface area contributed by atoms with Crippen LogP contribution < -0.4 is 10.6 Å². The summed E-state index contributed by atoms with van der Waals surface area (Å²) in [4.78, 5) is 23.8. The Hall–Kier alpha value is -1.10. The van der Waals surface area contributed by atoms with Crippen molar-refractivity contribution in [3.63, 3.8) is 0 Å². The van der Waals surface area contributed by atoms with Crippen molar-refractivity contribution < 1.29 is 9.59 Å². The molecule has 5 nitrogen and oxygen atoms in total. The van der Waals surface area contributed by atoms with Crippen molar-refractivity contribution in [3.05, 3.63) is 0 Å². The quantitative estimate of drug-likeness (QED) is 0.460. The molecular weight excluding hydrogens is 170 g/mol. The number of nitrogens with one attached hydrogen (secondary N) is 2. The van der Waals surface area contributed by atoms with Crippen molar-refractivity contribution in [1.29, 1.82) is 0 Å². The van der Waals surface area contributed by atoms with Crippen LogP contribution in [0.2, 0.25) is 0 Å². The van der Waals surface area contributed by atoms with Gasteiger partial charge in [-0.05, 0) is 26.9 Å². The maximum Gasteiger partial charge on any atom is 0.324 e.